The Hall–Kier alpha value is -3.01. The number of benzene rings is 4. The lowest BCUT2D eigenvalue weighted by molar-refractivity contribution is 0.729. The summed E-state index contributed by atoms with van der Waals surface area (Å²) in [4.78, 5) is 2.15. The van der Waals surface area contributed by atoms with Crippen molar-refractivity contribution in [2.24, 2.45) is 0 Å². The summed E-state index contributed by atoms with van der Waals surface area (Å²) in [6.07, 6.45) is 0. The fourth-order valence-corrected chi connectivity index (χ4v) is 5.68. The van der Waals surface area contributed by atoms with Gasteiger partial charge >= 0.3 is 0 Å². The van der Waals surface area contributed by atoms with Gasteiger partial charge in [-0.05, 0) is 34.4 Å². The highest BCUT2D eigenvalue weighted by molar-refractivity contribution is 8.00. The molecular weight excluding hydrogens is 420 g/mol. The molecule has 0 unspecified atom stereocenters. The van der Waals surface area contributed by atoms with Crippen LogP contribution < -0.4 is 10.2 Å². The lowest BCUT2D eigenvalue weighted by atomic mass is 9.84. The van der Waals surface area contributed by atoms with E-state index >= 15 is 0 Å². The number of hydrogen-bond acceptors (Lipinski definition) is 3. The van der Waals surface area contributed by atoms with Crippen LogP contribution in [0.5, 0.6) is 0 Å². The van der Waals surface area contributed by atoms with E-state index in [0.717, 1.165) is 18.8 Å². The fourth-order valence-electron chi connectivity index (χ4n) is 4.22. The zero-order valence-corrected chi connectivity index (χ0v) is 20.3. The first-order chi connectivity index (χ1) is 16.2. The van der Waals surface area contributed by atoms with Crippen LogP contribution in [0.3, 0.4) is 0 Å². The molecule has 0 bridgehead atoms. The molecule has 0 saturated heterocycles. The minimum absolute atomic E-state index is 0.254. The van der Waals surface area contributed by atoms with E-state index in [0.29, 0.717) is 0 Å². The van der Waals surface area contributed by atoms with Gasteiger partial charge in [0.15, 0.2) is 0 Å². The second-order valence-electron chi connectivity index (χ2n) is 8.37. The number of nitrogens with zero attached hydrogens (tertiary/aromatic N) is 1. The van der Waals surface area contributed by atoms with Crippen molar-refractivity contribution < 1.29 is 0 Å². The molecule has 0 aliphatic carbocycles. The van der Waals surface area contributed by atoms with Gasteiger partial charge in [-0.3, -0.25) is 0 Å². The molecule has 0 saturated carbocycles. The summed E-state index contributed by atoms with van der Waals surface area (Å²) < 4.78 is -0.254. The van der Waals surface area contributed by atoms with Crippen molar-refractivity contribution in [2.75, 3.05) is 31.3 Å². The molecule has 2 nitrogen and oxygen atoms in total. The molecule has 0 aliphatic heterocycles. The molecule has 0 spiro atoms. The first-order valence-corrected chi connectivity index (χ1v) is 12.5. The van der Waals surface area contributed by atoms with E-state index in [-0.39, 0.29) is 4.75 Å². The van der Waals surface area contributed by atoms with E-state index in [9.17, 15) is 0 Å². The van der Waals surface area contributed by atoms with Crippen molar-refractivity contribution in [3.05, 3.63) is 138 Å². The van der Waals surface area contributed by atoms with E-state index in [4.69, 9.17) is 0 Å². The zero-order valence-electron chi connectivity index (χ0n) is 19.4. The van der Waals surface area contributed by atoms with Crippen LogP contribution in [0.4, 0.5) is 5.69 Å². The molecule has 1 N–H and O–H groups in total. The Morgan fingerprint density at radius 3 is 1.67 bits per heavy atom. The number of hydrogen-bond donors (Lipinski definition) is 1. The second kappa shape index (κ2) is 11.2. The van der Waals surface area contributed by atoms with Crippen LogP contribution in [0.2, 0.25) is 0 Å². The molecular formula is C30H32N2S. The number of anilines is 1. The largest absolute Gasteiger partial charge is 0.378 e. The van der Waals surface area contributed by atoms with Crippen molar-refractivity contribution in [3.63, 3.8) is 0 Å². The Labute approximate surface area is 202 Å². The summed E-state index contributed by atoms with van der Waals surface area (Å²) in [5, 5.41) is 3.66. The Morgan fingerprint density at radius 2 is 1.18 bits per heavy atom. The molecule has 4 rings (SSSR count). The molecule has 168 valence electrons. The Balaban J connectivity index is 1.55. The lowest BCUT2D eigenvalue weighted by Crippen LogP contribution is -2.28. The highest BCUT2D eigenvalue weighted by Crippen LogP contribution is 2.48. The smallest absolute Gasteiger partial charge is 0.0907 e. The fraction of sp³-hybridized carbons (Fsp3) is 0.200. The molecule has 4 aromatic rings. The summed E-state index contributed by atoms with van der Waals surface area (Å²) >= 11 is 2.00. The van der Waals surface area contributed by atoms with Gasteiger partial charge < -0.3 is 10.2 Å². The van der Waals surface area contributed by atoms with Gasteiger partial charge in [0.25, 0.3) is 0 Å². The van der Waals surface area contributed by atoms with E-state index in [1.807, 2.05) is 11.8 Å². The van der Waals surface area contributed by atoms with Gasteiger partial charge in [0.05, 0.1) is 4.75 Å². The predicted octanol–water partition coefficient (Wildman–Crippen LogP) is 6.57. The predicted molar refractivity (Wildman–Crippen MR) is 144 cm³/mol. The summed E-state index contributed by atoms with van der Waals surface area (Å²) in [6.45, 7) is 1.81. The van der Waals surface area contributed by atoms with Gasteiger partial charge in [-0.15, -0.1) is 11.8 Å². The SMILES string of the molecule is CN(C)c1cccc(CNCCSC(c2ccccc2)(c2ccccc2)c2ccccc2)c1. The Morgan fingerprint density at radius 1 is 0.667 bits per heavy atom. The van der Waals surface area contributed by atoms with Gasteiger partial charge in [0.2, 0.25) is 0 Å². The van der Waals surface area contributed by atoms with Crippen LogP contribution in [0.1, 0.15) is 22.3 Å². The minimum atomic E-state index is -0.254. The normalized spacial score (nSPS) is 11.3. The first kappa shape index (κ1) is 23.2. The highest BCUT2D eigenvalue weighted by atomic mass is 32.2. The number of thioether (sulfide) groups is 1. The molecule has 0 radical (unpaired) electrons. The summed E-state index contributed by atoms with van der Waals surface area (Å²) in [7, 11) is 4.17. The van der Waals surface area contributed by atoms with Crippen LogP contribution in [-0.4, -0.2) is 26.4 Å². The molecule has 4 aromatic carbocycles. The van der Waals surface area contributed by atoms with Crippen molar-refractivity contribution in [1.82, 2.24) is 5.32 Å². The molecule has 0 aliphatic rings. The molecule has 0 aromatic heterocycles. The van der Waals surface area contributed by atoms with Crippen molar-refractivity contribution in [1.29, 1.82) is 0 Å². The van der Waals surface area contributed by atoms with E-state index in [2.05, 4.69) is 140 Å². The van der Waals surface area contributed by atoms with E-state index in [1.54, 1.807) is 0 Å². The van der Waals surface area contributed by atoms with Crippen LogP contribution in [0, 0.1) is 0 Å². The molecule has 3 heteroatoms. The maximum Gasteiger partial charge on any atom is 0.0907 e. The first-order valence-electron chi connectivity index (χ1n) is 11.5. The Kier molecular flexibility index (Phi) is 7.87. The average molecular weight is 453 g/mol. The van der Waals surface area contributed by atoms with Crippen LogP contribution in [0.15, 0.2) is 115 Å². The maximum atomic E-state index is 3.66. The average Bonchev–Trinajstić information content (AvgIpc) is 2.88. The van der Waals surface area contributed by atoms with Gasteiger partial charge in [0, 0.05) is 38.6 Å². The third-order valence-corrected chi connectivity index (χ3v) is 7.44. The molecule has 0 fully saturated rings. The standard InChI is InChI=1S/C30H32N2S/c1-32(2)29-20-12-13-25(23-29)24-31-21-22-33-30(26-14-6-3-7-15-26,27-16-8-4-9-17-27)28-18-10-5-11-19-28/h3-20,23,31H,21-22,24H2,1-2H3. The molecule has 0 heterocycles. The van der Waals surface area contributed by atoms with Crippen molar-refractivity contribution in [2.45, 2.75) is 11.3 Å². The molecule has 33 heavy (non-hydrogen) atoms. The van der Waals surface area contributed by atoms with E-state index < -0.39 is 0 Å². The summed E-state index contributed by atoms with van der Waals surface area (Å²) in [5.41, 5.74) is 6.48. The quantitative estimate of drug-likeness (QED) is 0.216. The molecule has 0 amide bonds. The van der Waals surface area contributed by atoms with Crippen LogP contribution in [0.25, 0.3) is 0 Å². The van der Waals surface area contributed by atoms with Gasteiger partial charge in [-0.2, -0.15) is 0 Å². The van der Waals surface area contributed by atoms with Crippen molar-refractivity contribution in [3.8, 4) is 0 Å². The number of rotatable bonds is 10. The third kappa shape index (κ3) is 5.50. The van der Waals surface area contributed by atoms with Crippen LogP contribution in [-0.2, 0) is 11.3 Å². The zero-order chi connectivity index (χ0) is 22.9. The molecule has 0 atom stereocenters. The van der Waals surface area contributed by atoms with Gasteiger partial charge in [-0.1, -0.05) is 103 Å². The van der Waals surface area contributed by atoms with Gasteiger partial charge in [0.1, 0.15) is 0 Å². The Bertz CT molecular complexity index is 1010. The second-order valence-corrected chi connectivity index (χ2v) is 9.68. The third-order valence-electron chi connectivity index (χ3n) is 5.89. The van der Waals surface area contributed by atoms with Crippen LogP contribution >= 0.6 is 11.8 Å². The maximum absolute atomic E-state index is 3.66. The van der Waals surface area contributed by atoms with Crippen molar-refractivity contribution >= 4 is 17.4 Å². The van der Waals surface area contributed by atoms with Gasteiger partial charge in [-0.25, -0.2) is 0 Å². The summed E-state index contributed by atoms with van der Waals surface area (Å²) in [6, 6.07) is 41.4. The summed E-state index contributed by atoms with van der Waals surface area (Å²) in [5.74, 6) is 0.992. The minimum Gasteiger partial charge on any atom is -0.378 e. The number of nitrogens with one attached hydrogen (secondary N) is 1. The lowest BCUT2D eigenvalue weighted by Gasteiger charge is -2.35. The van der Waals surface area contributed by atoms with E-state index in [1.165, 1.54) is 27.9 Å². The topological polar surface area (TPSA) is 15.3 Å². The monoisotopic (exact) mass is 452 g/mol. The highest BCUT2D eigenvalue weighted by Gasteiger charge is 2.36.